The highest BCUT2D eigenvalue weighted by Gasteiger charge is 2.36. The van der Waals surface area contributed by atoms with Crippen LogP contribution in [0.1, 0.15) is 32.3 Å². The molecule has 1 aromatic rings. The summed E-state index contributed by atoms with van der Waals surface area (Å²) in [6.45, 7) is 4.54. The highest BCUT2D eigenvalue weighted by molar-refractivity contribution is 5.73. The van der Waals surface area contributed by atoms with Gasteiger partial charge in [0, 0.05) is 0 Å². The summed E-state index contributed by atoms with van der Waals surface area (Å²) < 4.78 is 5.16. The SMILES string of the molecule is CCOC(=O)[C@@H]1CC(Cc2ccccc2)C[C@H]1C. The Morgan fingerprint density at radius 3 is 2.67 bits per heavy atom. The lowest BCUT2D eigenvalue weighted by molar-refractivity contribution is -0.149. The Balaban J connectivity index is 1.92. The fourth-order valence-corrected chi connectivity index (χ4v) is 3.07. The molecule has 0 spiro atoms. The average molecular weight is 246 g/mol. The van der Waals surface area contributed by atoms with Crippen LogP contribution in [-0.2, 0) is 16.0 Å². The Bertz CT molecular complexity index is 385. The molecule has 1 aromatic carbocycles. The van der Waals surface area contributed by atoms with Crippen molar-refractivity contribution in [2.75, 3.05) is 6.61 Å². The van der Waals surface area contributed by atoms with E-state index in [1.54, 1.807) is 0 Å². The Morgan fingerprint density at radius 1 is 1.28 bits per heavy atom. The predicted octanol–water partition coefficient (Wildman–Crippen LogP) is 3.45. The second-order valence-corrected chi connectivity index (χ2v) is 5.36. The summed E-state index contributed by atoms with van der Waals surface area (Å²) in [4.78, 5) is 11.8. The normalized spacial score (nSPS) is 27.1. The number of rotatable bonds is 4. The summed E-state index contributed by atoms with van der Waals surface area (Å²) in [7, 11) is 0. The van der Waals surface area contributed by atoms with Crippen LogP contribution in [0.5, 0.6) is 0 Å². The lowest BCUT2D eigenvalue weighted by Crippen LogP contribution is -2.19. The number of carbonyl (C=O) groups is 1. The fraction of sp³-hybridized carbons (Fsp3) is 0.562. The zero-order chi connectivity index (χ0) is 13.0. The van der Waals surface area contributed by atoms with Gasteiger partial charge in [0.05, 0.1) is 12.5 Å². The van der Waals surface area contributed by atoms with Gasteiger partial charge in [-0.05, 0) is 43.6 Å². The molecule has 0 N–H and O–H groups in total. The molecular weight excluding hydrogens is 224 g/mol. The molecule has 2 heteroatoms. The van der Waals surface area contributed by atoms with Crippen molar-refractivity contribution in [3.63, 3.8) is 0 Å². The van der Waals surface area contributed by atoms with Crippen LogP contribution in [0.25, 0.3) is 0 Å². The van der Waals surface area contributed by atoms with Crippen LogP contribution < -0.4 is 0 Å². The van der Waals surface area contributed by atoms with E-state index in [2.05, 4.69) is 31.2 Å². The summed E-state index contributed by atoms with van der Waals surface area (Å²) in [6.07, 6.45) is 3.20. The molecule has 0 radical (unpaired) electrons. The molecule has 1 unspecified atom stereocenters. The monoisotopic (exact) mass is 246 g/mol. The number of ether oxygens (including phenoxy) is 1. The lowest BCUT2D eigenvalue weighted by atomic mass is 9.97. The minimum Gasteiger partial charge on any atom is -0.466 e. The van der Waals surface area contributed by atoms with E-state index < -0.39 is 0 Å². The summed E-state index contributed by atoms with van der Waals surface area (Å²) in [5.74, 6) is 1.19. The molecule has 2 nitrogen and oxygen atoms in total. The Labute approximate surface area is 109 Å². The zero-order valence-corrected chi connectivity index (χ0v) is 11.3. The zero-order valence-electron chi connectivity index (χ0n) is 11.3. The molecule has 0 heterocycles. The van der Waals surface area contributed by atoms with Crippen molar-refractivity contribution < 1.29 is 9.53 Å². The van der Waals surface area contributed by atoms with Crippen LogP contribution in [0.3, 0.4) is 0 Å². The molecule has 0 bridgehead atoms. The van der Waals surface area contributed by atoms with Gasteiger partial charge in [0.15, 0.2) is 0 Å². The molecule has 3 atom stereocenters. The van der Waals surface area contributed by atoms with E-state index in [1.165, 1.54) is 5.56 Å². The van der Waals surface area contributed by atoms with E-state index in [9.17, 15) is 4.79 Å². The van der Waals surface area contributed by atoms with Crippen molar-refractivity contribution in [1.82, 2.24) is 0 Å². The van der Waals surface area contributed by atoms with Crippen LogP contribution in [0.15, 0.2) is 30.3 Å². The van der Waals surface area contributed by atoms with Crippen molar-refractivity contribution in [1.29, 1.82) is 0 Å². The maximum absolute atomic E-state index is 11.8. The van der Waals surface area contributed by atoms with E-state index in [4.69, 9.17) is 4.74 Å². The van der Waals surface area contributed by atoms with Crippen molar-refractivity contribution >= 4 is 5.97 Å². The van der Waals surface area contributed by atoms with E-state index >= 15 is 0 Å². The van der Waals surface area contributed by atoms with Gasteiger partial charge in [-0.2, -0.15) is 0 Å². The average Bonchev–Trinajstić information content (AvgIpc) is 2.72. The van der Waals surface area contributed by atoms with Gasteiger partial charge in [-0.3, -0.25) is 4.79 Å². The van der Waals surface area contributed by atoms with Gasteiger partial charge in [-0.15, -0.1) is 0 Å². The molecule has 1 aliphatic carbocycles. The number of benzene rings is 1. The molecular formula is C16H22O2. The standard InChI is InChI=1S/C16H22O2/c1-3-18-16(17)15-11-14(9-12(15)2)10-13-7-5-4-6-8-13/h4-8,12,14-15H,3,9-11H2,1-2H3/t12-,14?,15-/m1/s1. The molecule has 1 fully saturated rings. The van der Waals surface area contributed by atoms with E-state index in [0.717, 1.165) is 19.3 Å². The molecule has 0 saturated heterocycles. The molecule has 0 amide bonds. The van der Waals surface area contributed by atoms with Crippen LogP contribution in [-0.4, -0.2) is 12.6 Å². The van der Waals surface area contributed by atoms with Gasteiger partial charge in [0.2, 0.25) is 0 Å². The van der Waals surface area contributed by atoms with Gasteiger partial charge in [0.25, 0.3) is 0 Å². The third-order valence-electron chi connectivity index (χ3n) is 3.94. The number of hydrogen-bond donors (Lipinski definition) is 0. The number of carbonyl (C=O) groups excluding carboxylic acids is 1. The molecule has 0 aliphatic heterocycles. The topological polar surface area (TPSA) is 26.3 Å². The molecule has 1 aliphatic rings. The smallest absolute Gasteiger partial charge is 0.309 e. The summed E-state index contributed by atoms with van der Waals surface area (Å²) in [6, 6.07) is 10.5. The van der Waals surface area contributed by atoms with Gasteiger partial charge in [-0.1, -0.05) is 37.3 Å². The van der Waals surface area contributed by atoms with E-state index in [-0.39, 0.29) is 11.9 Å². The maximum Gasteiger partial charge on any atom is 0.309 e. The molecule has 98 valence electrons. The second kappa shape index (κ2) is 6.03. The first-order valence-electron chi connectivity index (χ1n) is 6.91. The second-order valence-electron chi connectivity index (χ2n) is 5.36. The first-order valence-corrected chi connectivity index (χ1v) is 6.91. The van der Waals surface area contributed by atoms with Crippen LogP contribution in [0, 0.1) is 17.8 Å². The molecule has 18 heavy (non-hydrogen) atoms. The van der Waals surface area contributed by atoms with Crippen molar-refractivity contribution in [2.45, 2.75) is 33.1 Å². The summed E-state index contributed by atoms with van der Waals surface area (Å²) >= 11 is 0. The molecule has 2 rings (SSSR count). The minimum absolute atomic E-state index is 0.000520. The summed E-state index contributed by atoms with van der Waals surface area (Å²) in [5.41, 5.74) is 1.37. The third kappa shape index (κ3) is 3.12. The first kappa shape index (κ1) is 13.1. The predicted molar refractivity (Wildman–Crippen MR) is 72.2 cm³/mol. The summed E-state index contributed by atoms with van der Waals surface area (Å²) in [5, 5.41) is 0. The van der Waals surface area contributed by atoms with E-state index in [1.807, 2.05) is 13.0 Å². The van der Waals surface area contributed by atoms with Crippen molar-refractivity contribution in [2.24, 2.45) is 17.8 Å². The first-order chi connectivity index (χ1) is 8.70. The van der Waals surface area contributed by atoms with Crippen LogP contribution >= 0.6 is 0 Å². The molecule has 0 aromatic heterocycles. The Kier molecular flexibility index (Phi) is 4.40. The highest BCUT2D eigenvalue weighted by Crippen LogP contribution is 2.38. The van der Waals surface area contributed by atoms with Crippen LogP contribution in [0.2, 0.25) is 0 Å². The minimum atomic E-state index is 0.000520. The van der Waals surface area contributed by atoms with Crippen molar-refractivity contribution in [3.05, 3.63) is 35.9 Å². The van der Waals surface area contributed by atoms with Crippen molar-refractivity contribution in [3.8, 4) is 0 Å². The quantitative estimate of drug-likeness (QED) is 0.761. The van der Waals surface area contributed by atoms with Crippen LogP contribution in [0.4, 0.5) is 0 Å². The number of hydrogen-bond acceptors (Lipinski definition) is 2. The number of esters is 1. The van der Waals surface area contributed by atoms with Gasteiger partial charge in [0.1, 0.15) is 0 Å². The van der Waals surface area contributed by atoms with Gasteiger partial charge < -0.3 is 4.74 Å². The lowest BCUT2D eigenvalue weighted by Gasteiger charge is -2.12. The maximum atomic E-state index is 11.8. The highest BCUT2D eigenvalue weighted by atomic mass is 16.5. The van der Waals surface area contributed by atoms with Gasteiger partial charge >= 0.3 is 5.97 Å². The van der Waals surface area contributed by atoms with Gasteiger partial charge in [-0.25, -0.2) is 0 Å². The Hall–Kier alpha value is -1.31. The Morgan fingerprint density at radius 2 is 2.00 bits per heavy atom. The molecule has 1 saturated carbocycles. The fourth-order valence-electron chi connectivity index (χ4n) is 3.07. The third-order valence-corrected chi connectivity index (χ3v) is 3.94. The van der Waals surface area contributed by atoms with E-state index in [0.29, 0.717) is 18.4 Å². The largest absolute Gasteiger partial charge is 0.466 e.